The first-order chi connectivity index (χ1) is 12.5. The minimum Gasteiger partial charge on any atom is -0.395 e. The average Bonchev–Trinajstić information content (AvgIpc) is 3.18. The number of thiazole rings is 1. The van der Waals surface area contributed by atoms with E-state index in [1.54, 1.807) is 4.90 Å². The zero-order valence-electron chi connectivity index (χ0n) is 13.8. The van der Waals surface area contributed by atoms with E-state index in [1.165, 1.54) is 23.5 Å². The summed E-state index contributed by atoms with van der Waals surface area (Å²) in [7, 11) is 0. The molecule has 0 aromatic carbocycles. The molecule has 0 unspecified atom stereocenters. The van der Waals surface area contributed by atoms with E-state index in [0.29, 0.717) is 24.6 Å². The van der Waals surface area contributed by atoms with Crippen molar-refractivity contribution in [3.05, 3.63) is 38.6 Å². The fourth-order valence-electron chi connectivity index (χ4n) is 3.00. The number of fused-ring (bicyclic) bond motifs is 1. The highest BCUT2D eigenvalue weighted by atomic mass is 32.1. The number of hydrogen-bond acceptors (Lipinski definition) is 7. The molecule has 2 aromatic rings. The molecule has 2 aliphatic rings. The molecule has 1 aliphatic carbocycles. The minimum atomic E-state index is -0.675. The number of amides is 2. The first kappa shape index (κ1) is 16.7. The molecule has 0 saturated heterocycles. The van der Waals surface area contributed by atoms with E-state index in [-0.39, 0.29) is 17.6 Å². The van der Waals surface area contributed by atoms with Gasteiger partial charge in [-0.3, -0.25) is 19.7 Å². The fraction of sp³-hybridized carbons (Fsp3) is 0.438. The Morgan fingerprint density at radius 2 is 2.19 bits per heavy atom. The SMILES string of the molecule is O=C(Nc1nc2c(s1)CN(C(=O)c1ccc([N+](=O)[O-])o1)CC2)C1CCC1. The monoisotopic (exact) mass is 376 g/mol. The zero-order valence-corrected chi connectivity index (χ0v) is 14.6. The van der Waals surface area contributed by atoms with Crippen molar-refractivity contribution in [1.29, 1.82) is 0 Å². The van der Waals surface area contributed by atoms with Crippen molar-refractivity contribution in [1.82, 2.24) is 9.88 Å². The van der Waals surface area contributed by atoms with Gasteiger partial charge in [0.25, 0.3) is 5.91 Å². The molecule has 0 spiro atoms. The number of carbonyl (C=O) groups is 2. The number of aromatic nitrogens is 1. The molecule has 0 bridgehead atoms. The second-order valence-corrected chi connectivity index (χ2v) is 7.46. The number of anilines is 1. The summed E-state index contributed by atoms with van der Waals surface area (Å²) in [6, 6.07) is 2.48. The van der Waals surface area contributed by atoms with E-state index in [2.05, 4.69) is 10.3 Å². The first-order valence-corrected chi connectivity index (χ1v) is 9.16. The number of furan rings is 1. The van der Waals surface area contributed by atoms with E-state index in [9.17, 15) is 19.7 Å². The lowest BCUT2D eigenvalue weighted by Gasteiger charge is -2.24. The predicted octanol–water partition coefficient (Wildman–Crippen LogP) is 2.58. The summed E-state index contributed by atoms with van der Waals surface area (Å²) in [6.45, 7) is 0.791. The lowest BCUT2D eigenvalue weighted by atomic mass is 9.85. The van der Waals surface area contributed by atoms with Crippen molar-refractivity contribution in [2.45, 2.75) is 32.2 Å². The molecule has 0 atom stereocenters. The molecule has 26 heavy (non-hydrogen) atoms. The number of nitro groups is 1. The summed E-state index contributed by atoms with van der Waals surface area (Å²) in [5.41, 5.74) is 0.883. The molecule has 1 N–H and O–H groups in total. The van der Waals surface area contributed by atoms with Gasteiger partial charge in [0, 0.05) is 23.8 Å². The third-order valence-corrected chi connectivity index (χ3v) is 5.70. The van der Waals surface area contributed by atoms with Crippen LogP contribution in [0.15, 0.2) is 16.5 Å². The Morgan fingerprint density at radius 3 is 2.85 bits per heavy atom. The number of nitrogens with one attached hydrogen (secondary N) is 1. The maximum absolute atomic E-state index is 12.5. The summed E-state index contributed by atoms with van der Waals surface area (Å²) in [6.07, 6.45) is 3.51. The quantitative estimate of drug-likeness (QED) is 0.647. The molecule has 4 rings (SSSR count). The number of hydrogen-bond donors (Lipinski definition) is 1. The molecule has 2 aromatic heterocycles. The van der Waals surface area contributed by atoms with Gasteiger partial charge in [0.2, 0.25) is 5.91 Å². The van der Waals surface area contributed by atoms with Crippen LogP contribution in [-0.2, 0) is 17.8 Å². The van der Waals surface area contributed by atoms with Crippen LogP contribution >= 0.6 is 11.3 Å². The molecule has 1 fully saturated rings. The summed E-state index contributed by atoms with van der Waals surface area (Å²) in [5, 5.41) is 14.1. The Bertz CT molecular complexity index is 885. The van der Waals surface area contributed by atoms with Crippen LogP contribution < -0.4 is 5.32 Å². The summed E-state index contributed by atoms with van der Waals surface area (Å²) >= 11 is 1.37. The van der Waals surface area contributed by atoms with Gasteiger partial charge in [-0.15, -0.1) is 0 Å². The number of carbonyl (C=O) groups excluding carboxylic acids is 2. The molecule has 3 heterocycles. The Kier molecular flexibility index (Phi) is 4.19. The maximum atomic E-state index is 12.5. The van der Waals surface area contributed by atoms with E-state index in [1.807, 2.05) is 0 Å². The average molecular weight is 376 g/mol. The highest BCUT2D eigenvalue weighted by Gasteiger charge is 2.29. The topological polar surface area (TPSA) is 119 Å². The second kappa shape index (κ2) is 6.52. The first-order valence-electron chi connectivity index (χ1n) is 8.34. The number of rotatable bonds is 4. The molecule has 1 aliphatic heterocycles. The van der Waals surface area contributed by atoms with Gasteiger partial charge in [-0.05, 0) is 18.9 Å². The van der Waals surface area contributed by atoms with Crippen LogP contribution in [0.2, 0.25) is 0 Å². The van der Waals surface area contributed by atoms with Gasteiger partial charge >= 0.3 is 5.88 Å². The molecular formula is C16H16N4O5S. The van der Waals surface area contributed by atoms with Crippen molar-refractivity contribution < 1.29 is 18.9 Å². The van der Waals surface area contributed by atoms with Gasteiger partial charge in [0.05, 0.1) is 18.3 Å². The zero-order chi connectivity index (χ0) is 18.3. The van der Waals surface area contributed by atoms with Crippen LogP contribution in [-0.4, -0.2) is 33.2 Å². The molecular weight excluding hydrogens is 360 g/mol. The van der Waals surface area contributed by atoms with Crippen molar-refractivity contribution in [3.63, 3.8) is 0 Å². The van der Waals surface area contributed by atoms with E-state index in [4.69, 9.17) is 4.42 Å². The van der Waals surface area contributed by atoms with Gasteiger partial charge in [-0.25, -0.2) is 4.98 Å². The lowest BCUT2D eigenvalue weighted by Crippen LogP contribution is -2.35. The Balaban J connectivity index is 1.44. The predicted molar refractivity (Wildman–Crippen MR) is 91.9 cm³/mol. The fourth-order valence-corrected chi connectivity index (χ4v) is 4.02. The van der Waals surface area contributed by atoms with Crippen LogP contribution in [0.25, 0.3) is 0 Å². The van der Waals surface area contributed by atoms with Crippen molar-refractivity contribution in [2.24, 2.45) is 5.92 Å². The highest BCUT2D eigenvalue weighted by Crippen LogP contribution is 2.32. The largest absolute Gasteiger partial charge is 0.433 e. The molecule has 2 amide bonds. The van der Waals surface area contributed by atoms with Crippen molar-refractivity contribution in [3.8, 4) is 0 Å². The van der Waals surface area contributed by atoms with Gasteiger partial charge in [0.15, 0.2) is 10.9 Å². The Hall–Kier alpha value is -2.75. The molecule has 0 radical (unpaired) electrons. The highest BCUT2D eigenvalue weighted by molar-refractivity contribution is 7.15. The van der Waals surface area contributed by atoms with Gasteiger partial charge < -0.3 is 14.6 Å². The number of nitrogens with zero attached hydrogens (tertiary/aromatic N) is 3. The summed E-state index contributed by atoms with van der Waals surface area (Å²) in [5.74, 6) is -0.799. The summed E-state index contributed by atoms with van der Waals surface area (Å²) in [4.78, 5) is 41.5. The standard InChI is InChI=1S/C16H16N4O5S/c21-14(9-2-1-3-9)18-16-17-10-6-7-19(8-12(10)26-16)15(22)11-4-5-13(25-11)20(23)24/h4-5,9H,1-3,6-8H2,(H,17,18,21). The van der Waals surface area contributed by atoms with Crippen LogP contribution in [0.1, 0.15) is 40.4 Å². The van der Waals surface area contributed by atoms with E-state index >= 15 is 0 Å². The van der Waals surface area contributed by atoms with Gasteiger partial charge in [0.1, 0.15) is 4.92 Å². The summed E-state index contributed by atoms with van der Waals surface area (Å²) < 4.78 is 4.99. The second-order valence-electron chi connectivity index (χ2n) is 6.38. The maximum Gasteiger partial charge on any atom is 0.433 e. The molecule has 10 heteroatoms. The third kappa shape index (κ3) is 3.07. The van der Waals surface area contributed by atoms with Crippen molar-refractivity contribution >= 4 is 34.2 Å². The van der Waals surface area contributed by atoms with Crippen LogP contribution in [0.4, 0.5) is 11.0 Å². The van der Waals surface area contributed by atoms with Gasteiger partial charge in [-0.1, -0.05) is 17.8 Å². The van der Waals surface area contributed by atoms with Crippen LogP contribution in [0.5, 0.6) is 0 Å². The van der Waals surface area contributed by atoms with Crippen LogP contribution in [0, 0.1) is 16.0 Å². The normalized spacial score (nSPS) is 16.7. The third-order valence-electron chi connectivity index (χ3n) is 4.71. The lowest BCUT2D eigenvalue weighted by molar-refractivity contribution is -0.402. The Labute approximate surface area is 152 Å². The Morgan fingerprint density at radius 1 is 1.38 bits per heavy atom. The van der Waals surface area contributed by atoms with Crippen molar-refractivity contribution in [2.75, 3.05) is 11.9 Å². The van der Waals surface area contributed by atoms with E-state index < -0.39 is 16.7 Å². The smallest absolute Gasteiger partial charge is 0.395 e. The minimum absolute atomic E-state index is 0.0122. The molecule has 9 nitrogen and oxygen atoms in total. The van der Waals surface area contributed by atoms with Gasteiger partial charge in [-0.2, -0.15) is 0 Å². The molecule has 136 valence electrons. The molecule has 1 saturated carbocycles. The van der Waals surface area contributed by atoms with E-state index in [0.717, 1.165) is 29.8 Å². The van der Waals surface area contributed by atoms with Crippen LogP contribution in [0.3, 0.4) is 0 Å².